The lowest BCUT2D eigenvalue weighted by atomic mass is 10.2. The van der Waals surface area contributed by atoms with Gasteiger partial charge in [0.2, 0.25) is 0 Å². The van der Waals surface area contributed by atoms with Crippen LogP contribution in [0.5, 0.6) is 0 Å². The van der Waals surface area contributed by atoms with Gasteiger partial charge in [0.25, 0.3) is 0 Å². The number of hydrogen-bond donors (Lipinski definition) is 2. The maximum absolute atomic E-state index is 11.5. The van der Waals surface area contributed by atoms with E-state index in [9.17, 15) is 4.79 Å². The first kappa shape index (κ1) is 15.5. The first-order valence-corrected chi connectivity index (χ1v) is 6.38. The number of rotatable bonds is 5. The minimum Gasteiger partial charge on any atom is -0.444 e. The highest BCUT2D eigenvalue weighted by Crippen LogP contribution is 2.06. The molecule has 0 fully saturated rings. The highest BCUT2D eigenvalue weighted by Gasteiger charge is 2.16. The van der Waals surface area contributed by atoms with E-state index in [1.54, 1.807) is 0 Å². The van der Waals surface area contributed by atoms with Crippen molar-refractivity contribution in [3.05, 3.63) is 17.5 Å². The van der Waals surface area contributed by atoms with E-state index in [-0.39, 0.29) is 6.04 Å². The summed E-state index contributed by atoms with van der Waals surface area (Å²) in [5, 5.41) is 9.74. The summed E-state index contributed by atoms with van der Waals surface area (Å²) in [4.78, 5) is 11.5. The molecule has 0 aliphatic carbocycles. The van der Waals surface area contributed by atoms with E-state index < -0.39 is 11.7 Å². The number of nitrogens with zero attached hydrogens (tertiary/aromatic N) is 1. The van der Waals surface area contributed by atoms with Crippen molar-refractivity contribution in [1.29, 1.82) is 0 Å². The van der Waals surface area contributed by atoms with Gasteiger partial charge in [0.1, 0.15) is 5.60 Å². The fourth-order valence-electron chi connectivity index (χ4n) is 1.40. The van der Waals surface area contributed by atoms with Crippen LogP contribution >= 0.6 is 0 Å². The van der Waals surface area contributed by atoms with Gasteiger partial charge < -0.3 is 19.9 Å². The van der Waals surface area contributed by atoms with E-state index in [1.807, 2.05) is 40.7 Å². The third-order valence-electron chi connectivity index (χ3n) is 2.25. The van der Waals surface area contributed by atoms with E-state index >= 15 is 0 Å². The van der Waals surface area contributed by atoms with Crippen LogP contribution in [0.4, 0.5) is 4.79 Å². The molecule has 0 aliphatic heterocycles. The van der Waals surface area contributed by atoms with Gasteiger partial charge in [-0.2, -0.15) is 0 Å². The summed E-state index contributed by atoms with van der Waals surface area (Å²) in [6.45, 7) is 10.4. The molecular formula is C13H23N3O3. The highest BCUT2D eigenvalue weighted by molar-refractivity contribution is 5.67. The molecule has 0 radical (unpaired) electrons. The Kier molecular flexibility index (Phi) is 5.35. The molecule has 0 aliphatic rings. The van der Waals surface area contributed by atoms with Gasteiger partial charge in [-0.15, -0.1) is 0 Å². The van der Waals surface area contributed by atoms with Gasteiger partial charge in [0.15, 0.2) is 5.76 Å². The van der Waals surface area contributed by atoms with Gasteiger partial charge in [-0.3, -0.25) is 0 Å². The van der Waals surface area contributed by atoms with Crippen molar-refractivity contribution in [2.45, 2.75) is 52.8 Å². The topological polar surface area (TPSA) is 76.4 Å². The maximum atomic E-state index is 11.5. The predicted octanol–water partition coefficient (Wildman–Crippen LogP) is 1.99. The van der Waals surface area contributed by atoms with Crippen LogP contribution in [-0.4, -0.2) is 29.4 Å². The second-order valence-corrected chi connectivity index (χ2v) is 5.60. The largest absolute Gasteiger partial charge is 0.444 e. The minimum absolute atomic E-state index is 0.109. The second-order valence-electron chi connectivity index (χ2n) is 5.60. The summed E-state index contributed by atoms with van der Waals surface area (Å²) >= 11 is 0. The van der Waals surface area contributed by atoms with E-state index in [1.165, 1.54) is 0 Å². The summed E-state index contributed by atoms with van der Waals surface area (Å²) in [6.07, 6.45) is -0.406. The van der Waals surface area contributed by atoms with Crippen LogP contribution in [0.2, 0.25) is 0 Å². The van der Waals surface area contributed by atoms with Gasteiger partial charge in [-0.1, -0.05) is 5.16 Å². The summed E-state index contributed by atoms with van der Waals surface area (Å²) in [6, 6.07) is 1.99. The number of hydrogen-bond acceptors (Lipinski definition) is 5. The van der Waals surface area contributed by atoms with Crippen LogP contribution in [-0.2, 0) is 11.3 Å². The van der Waals surface area contributed by atoms with Crippen molar-refractivity contribution in [2.75, 3.05) is 6.54 Å². The Hall–Kier alpha value is -1.56. The second kappa shape index (κ2) is 6.56. The summed E-state index contributed by atoms with van der Waals surface area (Å²) in [7, 11) is 0. The number of nitrogens with one attached hydrogen (secondary N) is 2. The monoisotopic (exact) mass is 269 g/mol. The fraction of sp³-hybridized carbons (Fsp3) is 0.692. The van der Waals surface area contributed by atoms with Crippen LogP contribution in [0.25, 0.3) is 0 Å². The summed E-state index contributed by atoms with van der Waals surface area (Å²) < 4.78 is 10.2. The predicted molar refractivity (Wildman–Crippen MR) is 71.8 cm³/mol. The molecule has 0 bridgehead atoms. The van der Waals surface area contributed by atoms with Gasteiger partial charge in [0.05, 0.1) is 12.2 Å². The maximum Gasteiger partial charge on any atom is 0.407 e. The van der Waals surface area contributed by atoms with Crippen molar-refractivity contribution in [1.82, 2.24) is 15.8 Å². The van der Waals surface area contributed by atoms with Crippen molar-refractivity contribution < 1.29 is 14.1 Å². The lowest BCUT2D eigenvalue weighted by Crippen LogP contribution is -2.40. The Morgan fingerprint density at radius 1 is 1.53 bits per heavy atom. The average molecular weight is 269 g/mol. The van der Waals surface area contributed by atoms with Gasteiger partial charge in [-0.25, -0.2) is 4.79 Å². The molecule has 1 aromatic heterocycles. The molecule has 19 heavy (non-hydrogen) atoms. The van der Waals surface area contributed by atoms with Gasteiger partial charge >= 0.3 is 6.09 Å². The molecule has 1 amide bonds. The van der Waals surface area contributed by atoms with Crippen molar-refractivity contribution in [3.8, 4) is 0 Å². The standard InChI is InChI=1S/C13H23N3O3/c1-9-6-11(19-16-9)8-14-10(2)7-15-12(17)18-13(3,4)5/h6,10,14H,7-8H2,1-5H3,(H,15,17). The molecule has 0 spiro atoms. The number of amides is 1. The lowest BCUT2D eigenvalue weighted by molar-refractivity contribution is 0.0523. The van der Waals surface area contributed by atoms with Gasteiger partial charge in [0, 0.05) is 18.7 Å². The van der Waals surface area contributed by atoms with Crippen LogP contribution in [0.1, 0.15) is 39.1 Å². The Morgan fingerprint density at radius 3 is 2.74 bits per heavy atom. The number of aromatic nitrogens is 1. The third kappa shape index (κ3) is 6.81. The van der Waals surface area contributed by atoms with Crippen molar-refractivity contribution >= 4 is 6.09 Å². The molecule has 108 valence electrons. The van der Waals surface area contributed by atoms with Crippen LogP contribution in [0.3, 0.4) is 0 Å². The molecule has 1 atom stereocenters. The zero-order valence-electron chi connectivity index (χ0n) is 12.2. The van der Waals surface area contributed by atoms with Crippen molar-refractivity contribution in [2.24, 2.45) is 0 Å². The molecule has 1 aromatic rings. The SMILES string of the molecule is Cc1cc(CNC(C)CNC(=O)OC(C)(C)C)on1. The molecule has 6 heteroatoms. The molecule has 6 nitrogen and oxygen atoms in total. The van der Waals surface area contributed by atoms with E-state index in [4.69, 9.17) is 9.26 Å². The van der Waals surface area contributed by atoms with Crippen LogP contribution < -0.4 is 10.6 Å². The summed E-state index contributed by atoms with van der Waals surface area (Å²) in [5.41, 5.74) is 0.384. The first-order valence-electron chi connectivity index (χ1n) is 6.38. The molecule has 1 heterocycles. The molecule has 0 aromatic carbocycles. The Balaban J connectivity index is 2.21. The first-order chi connectivity index (χ1) is 8.76. The highest BCUT2D eigenvalue weighted by atomic mass is 16.6. The van der Waals surface area contributed by atoms with E-state index in [2.05, 4.69) is 15.8 Å². The number of ether oxygens (including phenoxy) is 1. The zero-order chi connectivity index (χ0) is 14.5. The molecule has 1 unspecified atom stereocenters. The zero-order valence-corrected chi connectivity index (χ0v) is 12.2. The Bertz CT molecular complexity index is 410. The summed E-state index contributed by atoms with van der Waals surface area (Å²) in [5.74, 6) is 0.779. The molecular weight excluding hydrogens is 246 g/mol. The number of carbonyl (C=O) groups excluding carboxylic acids is 1. The normalized spacial score (nSPS) is 13.1. The quantitative estimate of drug-likeness (QED) is 0.854. The molecule has 1 rings (SSSR count). The smallest absolute Gasteiger partial charge is 0.407 e. The van der Waals surface area contributed by atoms with Crippen LogP contribution in [0.15, 0.2) is 10.6 Å². The minimum atomic E-state index is -0.474. The van der Waals surface area contributed by atoms with Crippen LogP contribution in [0, 0.1) is 6.92 Å². The van der Waals surface area contributed by atoms with E-state index in [0.29, 0.717) is 13.1 Å². The van der Waals surface area contributed by atoms with E-state index in [0.717, 1.165) is 11.5 Å². The van der Waals surface area contributed by atoms with Gasteiger partial charge in [-0.05, 0) is 34.6 Å². The average Bonchev–Trinajstić information content (AvgIpc) is 2.67. The Labute approximate surface area is 113 Å². The molecule has 2 N–H and O–H groups in total. The lowest BCUT2D eigenvalue weighted by Gasteiger charge is -2.21. The Morgan fingerprint density at radius 2 is 2.21 bits per heavy atom. The number of aryl methyl sites for hydroxylation is 1. The number of carbonyl (C=O) groups is 1. The fourth-order valence-corrected chi connectivity index (χ4v) is 1.40. The van der Waals surface area contributed by atoms with Crippen molar-refractivity contribution in [3.63, 3.8) is 0 Å². The molecule has 0 saturated carbocycles. The number of alkyl carbamates (subject to hydrolysis) is 1. The molecule has 0 saturated heterocycles. The third-order valence-corrected chi connectivity index (χ3v) is 2.25.